The molecule has 1 saturated carbocycles. The summed E-state index contributed by atoms with van der Waals surface area (Å²) in [7, 11) is 1.84. The van der Waals surface area contributed by atoms with Crippen molar-refractivity contribution in [2.24, 2.45) is 0 Å². The molecule has 2 aromatic rings. The van der Waals surface area contributed by atoms with Crippen molar-refractivity contribution in [1.29, 1.82) is 5.41 Å². The summed E-state index contributed by atoms with van der Waals surface area (Å²) in [6.07, 6.45) is -0.936. The molecule has 0 spiro atoms. The lowest BCUT2D eigenvalue weighted by Crippen LogP contribution is -2.18. The minimum Gasteiger partial charge on any atom is -0.383 e. The summed E-state index contributed by atoms with van der Waals surface area (Å²) >= 11 is 0. The van der Waals surface area contributed by atoms with Gasteiger partial charge in [-0.3, -0.25) is 0 Å². The van der Waals surface area contributed by atoms with Crippen LogP contribution in [-0.4, -0.2) is 42.4 Å². The van der Waals surface area contributed by atoms with Gasteiger partial charge in [-0.25, -0.2) is 4.98 Å². The summed E-state index contributed by atoms with van der Waals surface area (Å²) in [6, 6.07) is 5.35. The van der Waals surface area contributed by atoms with Crippen molar-refractivity contribution in [1.82, 2.24) is 15.3 Å². The molecular weight excluding hydrogens is 371 g/mol. The highest BCUT2D eigenvalue weighted by molar-refractivity contribution is 5.94. The second-order valence-electron chi connectivity index (χ2n) is 6.44. The van der Waals surface area contributed by atoms with Crippen LogP contribution in [0.1, 0.15) is 24.0 Å². The van der Waals surface area contributed by atoms with Gasteiger partial charge in [0.2, 0.25) is 5.95 Å². The molecule has 0 saturated heterocycles. The quantitative estimate of drug-likeness (QED) is 0.331. The van der Waals surface area contributed by atoms with Crippen LogP contribution in [0.25, 0.3) is 0 Å². The first-order valence-electron chi connectivity index (χ1n) is 8.92. The number of likely N-dealkylation sites (N-methyl/N-ethyl adjacent to an activating group) is 1. The Labute approximate surface area is 160 Å². The Morgan fingerprint density at radius 1 is 1.21 bits per heavy atom. The summed E-state index contributed by atoms with van der Waals surface area (Å²) in [5.41, 5.74) is 0.943. The fraction of sp³-hybridized carbons (Fsp3) is 0.389. The maximum Gasteiger partial charge on any atom is 0.421 e. The number of benzene rings is 1. The highest BCUT2D eigenvalue weighted by Gasteiger charge is 2.36. The molecule has 0 amide bonds. The zero-order chi connectivity index (χ0) is 20.1. The van der Waals surface area contributed by atoms with Crippen LogP contribution in [0.5, 0.6) is 0 Å². The number of nitrogens with zero attached hydrogens (tertiary/aromatic N) is 2. The number of hydrogen-bond acceptors (Lipinski definition) is 7. The van der Waals surface area contributed by atoms with E-state index in [0.29, 0.717) is 17.8 Å². The molecule has 0 radical (unpaired) electrons. The predicted molar refractivity (Wildman–Crippen MR) is 104 cm³/mol. The summed E-state index contributed by atoms with van der Waals surface area (Å²) in [5.74, 6) is -0.196. The molecule has 0 unspecified atom stereocenters. The van der Waals surface area contributed by atoms with Crippen LogP contribution in [0.4, 0.5) is 36.3 Å². The molecule has 150 valence electrons. The van der Waals surface area contributed by atoms with Crippen LogP contribution >= 0.6 is 0 Å². The monoisotopic (exact) mass is 393 g/mol. The third kappa shape index (κ3) is 4.89. The number of aromatic nitrogens is 2. The van der Waals surface area contributed by atoms with Gasteiger partial charge in [0.1, 0.15) is 11.4 Å². The molecule has 28 heavy (non-hydrogen) atoms. The van der Waals surface area contributed by atoms with Crippen molar-refractivity contribution in [2.75, 3.05) is 36.1 Å². The van der Waals surface area contributed by atoms with Crippen LogP contribution in [0, 0.1) is 5.41 Å². The smallest absolute Gasteiger partial charge is 0.383 e. The normalized spacial score (nSPS) is 13.9. The molecule has 7 nitrogen and oxygen atoms in total. The second kappa shape index (κ2) is 8.42. The third-order valence-electron chi connectivity index (χ3n) is 4.20. The van der Waals surface area contributed by atoms with E-state index in [-0.39, 0.29) is 17.8 Å². The third-order valence-corrected chi connectivity index (χ3v) is 4.20. The first-order valence-corrected chi connectivity index (χ1v) is 8.92. The van der Waals surface area contributed by atoms with Gasteiger partial charge in [0.05, 0.1) is 5.69 Å². The number of halogens is 3. The van der Waals surface area contributed by atoms with Crippen LogP contribution < -0.4 is 21.3 Å². The molecule has 1 fully saturated rings. The van der Waals surface area contributed by atoms with Crippen molar-refractivity contribution in [2.45, 2.75) is 25.1 Å². The molecule has 1 aliphatic carbocycles. The molecule has 0 bridgehead atoms. The maximum atomic E-state index is 13.2. The number of alkyl halides is 3. The molecule has 5 N–H and O–H groups in total. The van der Waals surface area contributed by atoms with E-state index in [0.717, 1.165) is 31.3 Å². The van der Waals surface area contributed by atoms with Gasteiger partial charge >= 0.3 is 6.18 Å². The minimum atomic E-state index is -4.53. The number of nitrogens with one attached hydrogen (secondary N) is 5. The molecule has 1 aromatic heterocycles. The van der Waals surface area contributed by atoms with E-state index in [1.807, 2.05) is 13.1 Å². The summed E-state index contributed by atoms with van der Waals surface area (Å²) in [6.45, 7) is 1.40. The van der Waals surface area contributed by atoms with Crippen molar-refractivity contribution in [3.63, 3.8) is 0 Å². The van der Waals surface area contributed by atoms with Crippen LogP contribution in [0.2, 0.25) is 0 Å². The van der Waals surface area contributed by atoms with Crippen LogP contribution in [0.15, 0.2) is 24.4 Å². The zero-order valence-electron chi connectivity index (χ0n) is 15.3. The molecule has 0 atom stereocenters. The van der Waals surface area contributed by atoms with E-state index >= 15 is 0 Å². The van der Waals surface area contributed by atoms with Gasteiger partial charge in [-0.2, -0.15) is 18.2 Å². The Bertz CT molecular complexity index is 834. The zero-order valence-corrected chi connectivity index (χ0v) is 15.3. The average Bonchev–Trinajstić information content (AvgIpc) is 3.45. The predicted octanol–water partition coefficient (Wildman–Crippen LogP) is 3.44. The fourth-order valence-electron chi connectivity index (χ4n) is 2.61. The summed E-state index contributed by atoms with van der Waals surface area (Å²) < 4.78 is 39.6. The van der Waals surface area contributed by atoms with Crippen LogP contribution in [-0.2, 0) is 6.18 Å². The Balaban J connectivity index is 1.86. The minimum absolute atomic E-state index is 0.0145. The Morgan fingerprint density at radius 2 is 1.96 bits per heavy atom. The van der Waals surface area contributed by atoms with E-state index in [1.54, 1.807) is 12.1 Å². The Hall–Kier alpha value is -2.88. The first-order chi connectivity index (χ1) is 13.4. The van der Waals surface area contributed by atoms with Gasteiger partial charge in [-0.15, -0.1) is 0 Å². The van der Waals surface area contributed by atoms with E-state index in [2.05, 4.69) is 31.2 Å². The van der Waals surface area contributed by atoms with Gasteiger partial charge in [-0.1, -0.05) is 6.07 Å². The lowest BCUT2D eigenvalue weighted by Gasteiger charge is -2.16. The molecule has 0 aliphatic heterocycles. The molecule has 1 heterocycles. The maximum absolute atomic E-state index is 13.2. The van der Waals surface area contributed by atoms with E-state index in [9.17, 15) is 13.2 Å². The topological polar surface area (TPSA) is 97.8 Å². The van der Waals surface area contributed by atoms with E-state index < -0.39 is 11.7 Å². The standard InChI is InChI=1S/C18H22F3N7/c1-23-7-8-24-14-3-2-4-15(12(14)9-22)27-17-25-10-13(18(19,20)21)16(28-17)26-11-5-6-11/h2-4,9-11,22-24H,5-8H2,1H3,(H2,25,26,27,28). The largest absolute Gasteiger partial charge is 0.421 e. The average molecular weight is 393 g/mol. The van der Waals surface area contributed by atoms with Crippen molar-refractivity contribution in [3.05, 3.63) is 35.5 Å². The Morgan fingerprint density at radius 3 is 2.61 bits per heavy atom. The second-order valence-corrected chi connectivity index (χ2v) is 6.44. The highest BCUT2D eigenvalue weighted by atomic mass is 19.4. The van der Waals surface area contributed by atoms with Crippen molar-refractivity contribution in [3.8, 4) is 0 Å². The molecule has 1 aromatic carbocycles. The molecule has 1 aliphatic rings. The molecule has 3 rings (SSSR count). The number of rotatable bonds is 9. The van der Waals surface area contributed by atoms with Gasteiger partial charge in [0.25, 0.3) is 0 Å². The molecular formula is C18H22F3N7. The van der Waals surface area contributed by atoms with Gasteiger partial charge in [0, 0.05) is 42.8 Å². The van der Waals surface area contributed by atoms with Gasteiger partial charge in [-0.05, 0) is 32.0 Å². The lowest BCUT2D eigenvalue weighted by atomic mass is 10.1. The molecule has 10 heteroatoms. The SMILES string of the molecule is CNCCNc1cccc(Nc2ncc(C(F)(F)F)c(NC3CC3)n2)c1C=N. The first kappa shape index (κ1) is 19.9. The summed E-state index contributed by atoms with van der Waals surface area (Å²) in [4.78, 5) is 7.86. The fourth-order valence-corrected chi connectivity index (χ4v) is 2.61. The van der Waals surface area contributed by atoms with Crippen molar-refractivity contribution < 1.29 is 13.2 Å². The highest BCUT2D eigenvalue weighted by Crippen LogP contribution is 2.36. The number of anilines is 4. The van der Waals surface area contributed by atoms with Gasteiger partial charge in [0.15, 0.2) is 0 Å². The van der Waals surface area contributed by atoms with E-state index in [4.69, 9.17) is 5.41 Å². The summed E-state index contributed by atoms with van der Waals surface area (Å²) in [5, 5.41) is 19.7. The Kier molecular flexibility index (Phi) is 5.98. The van der Waals surface area contributed by atoms with Crippen molar-refractivity contribution >= 4 is 29.4 Å². The van der Waals surface area contributed by atoms with Crippen LogP contribution in [0.3, 0.4) is 0 Å². The van der Waals surface area contributed by atoms with Gasteiger partial charge < -0.3 is 26.7 Å². The lowest BCUT2D eigenvalue weighted by molar-refractivity contribution is -0.137. The number of hydrogen-bond donors (Lipinski definition) is 5. The van der Waals surface area contributed by atoms with E-state index in [1.165, 1.54) is 6.21 Å².